The van der Waals surface area contributed by atoms with Crippen molar-refractivity contribution < 1.29 is 0 Å². The standard InChI is InChI=1S/C14H24N2.C4H6N2/c1-2-3-4-5-6-7-8-9-10-11-14-15-12-13-16-14;1-4-5-2-3-6-4/h10-13H,2-9H2,1H3,(H,15,16);2-3H,1H3,(H,5,6). The van der Waals surface area contributed by atoms with Gasteiger partial charge >= 0.3 is 0 Å². The summed E-state index contributed by atoms with van der Waals surface area (Å²) in [5, 5.41) is 0. The Labute approximate surface area is 134 Å². The number of rotatable bonds is 9. The van der Waals surface area contributed by atoms with Gasteiger partial charge in [-0.05, 0) is 25.8 Å². The number of hydrogen-bond acceptors (Lipinski definition) is 2. The van der Waals surface area contributed by atoms with Gasteiger partial charge < -0.3 is 9.97 Å². The lowest BCUT2D eigenvalue weighted by molar-refractivity contribution is 0.592. The number of nitrogens with zero attached hydrogens (tertiary/aromatic N) is 2. The van der Waals surface area contributed by atoms with Crippen LogP contribution in [0.2, 0.25) is 0 Å². The average Bonchev–Trinajstić information content (AvgIpc) is 3.20. The van der Waals surface area contributed by atoms with Crippen molar-refractivity contribution in [1.29, 1.82) is 0 Å². The van der Waals surface area contributed by atoms with E-state index in [2.05, 4.69) is 39.0 Å². The van der Waals surface area contributed by atoms with Crippen LogP contribution in [0.4, 0.5) is 0 Å². The molecular formula is C18H30N4. The maximum absolute atomic E-state index is 4.14. The highest BCUT2D eigenvalue weighted by atomic mass is 14.9. The summed E-state index contributed by atoms with van der Waals surface area (Å²) in [6.07, 6.45) is 22.3. The van der Waals surface area contributed by atoms with Crippen LogP contribution in [0.1, 0.15) is 69.9 Å². The highest BCUT2D eigenvalue weighted by molar-refractivity contribution is 5.38. The first-order valence-corrected chi connectivity index (χ1v) is 8.44. The summed E-state index contributed by atoms with van der Waals surface area (Å²) in [4.78, 5) is 14.0. The van der Waals surface area contributed by atoms with Crippen LogP contribution >= 0.6 is 0 Å². The van der Waals surface area contributed by atoms with Crippen molar-refractivity contribution in [1.82, 2.24) is 19.9 Å². The molecule has 2 rings (SSSR count). The average molecular weight is 302 g/mol. The van der Waals surface area contributed by atoms with E-state index in [0.29, 0.717) is 0 Å². The van der Waals surface area contributed by atoms with Crippen molar-refractivity contribution in [3.63, 3.8) is 0 Å². The monoisotopic (exact) mass is 302 g/mol. The van der Waals surface area contributed by atoms with Gasteiger partial charge in [-0.15, -0.1) is 0 Å². The van der Waals surface area contributed by atoms with E-state index < -0.39 is 0 Å². The van der Waals surface area contributed by atoms with Gasteiger partial charge in [0.25, 0.3) is 0 Å². The number of allylic oxidation sites excluding steroid dienone is 1. The van der Waals surface area contributed by atoms with Crippen LogP contribution in [0, 0.1) is 6.92 Å². The molecule has 4 nitrogen and oxygen atoms in total. The number of hydrogen-bond donors (Lipinski definition) is 2. The summed E-state index contributed by atoms with van der Waals surface area (Å²) < 4.78 is 0. The number of aryl methyl sites for hydroxylation is 1. The maximum Gasteiger partial charge on any atom is 0.129 e. The molecule has 0 bridgehead atoms. The number of aromatic nitrogens is 4. The molecule has 0 unspecified atom stereocenters. The fourth-order valence-corrected chi connectivity index (χ4v) is 2.13. The number of H-pyrrole nitrogens is 2. The molecule has 0 spiro atoms. The Morgan fingerprint density at radius 2 is 1.59 bits per heavy atom. The molecule has 0 saturated heterocycles. The van der Waals surface area contributed by atoms with E-state index in [-0.39, 0.29) is 0 Å². The predicted octanol–water partition coefficient (Wildman–Crippen LogP) is 5.28. The molecule has 122 valence electrons. The minimum Gasteiger partial charge on any atom is -0.349 e. The molecule has 0 aliphatic carbocycles. The lowest BCUT2D eigenvalue weighted by Crippen LogP contribution is -1.79. The number of imidazole rings is 2. The van der Waals surface area contributed by atoms with Crippen molar-refractivity contribution in [3.8, 4) is 0 Å². The second-order valence-electron chi connectivity index (χ2n) is 5.46. The van der Waals surface area contributed by atoms with Gasteiger partial charge in [0.1, 0.15) is 11.6 Å². The summed E-state index contributed by atoms with van der Waals surface area (Å²) in [5.41, 5.74) is 0. The molecule has 0 aliphatic heterocycles. The molecule has 2 aromatic rings. The smallest absolute Gasteiger partial charge is 0.129 e. The van der Waals surface area contributed by atoms with Crippen molar-refractivity contribution in [2.45, 2.75) is 65.2 Å². The third-order valence-corrected chi connectivity index (χ3v) is 3.40. The molecule has 2 aromatic heterocycles. The Morgan fingerprint density at radius 3 is 2.14 bits per heavy atom. The Kier molecular flexibility index (Phi) is 10.7. The van der Waals surface area contributed by atoms with Crippen LogP contribution in [0.3, 0.4) is 0 Å². The lowest BCUT2D eigenvalue weighted by atomic mass is 10.1. The molecule has 2 N–H and O–H groups in total. The molecule has 22 heavy (non-hydrogen) atoms. The maximum atomic E-state index is 4.14. The van der Waals surface area contributed by atoms with Gasteiger partial charge in [-0.2, -0.15) is 0 Å². The van der Waals surface area contributed by atoms with Gasteiger partial charge in [-0.3, -0.25) is 0 Å². The minimum atomic E-state index is 0.961. The van der Waals surface area contributed by atoms with E-state index >= 15 is 0 Å². The van der Waals surface area contributed by atoms with E-state index in [1.165, 1.54) is 51.4 Å². The van der Waals surface area contributed by atoms with Gasteiger partial charge in [0.15, 0.2) is 0 Å². The lowest BCUT2D eigenvalue weighted by Gasteiger charge is -1.98. The zero-order valence-corrected chi connectivity index (χ0v) is 14.0. The van der Waals surface area contributed by atoms with Gasteiger partial charge in [0.05, 0.1) is 0 Å². The second kappa shape index (κ2) is 12.9. The first-order chi connectivity index (χ1) is 10.8. The molecule has 0 aliphatic rings. The highest BCUT2D eigenvalue weighted by Crippen LogP contribution is 2.09. The van der Waals surface area contributed by atoms with Gasteiger partial charge in [-0.25, -0.2) is 9.97 Å². The molecule has 2 heterocycles. The molecule has 0 amide bonds. The Balaban J connectivity index is 0.000000335. The molecule has 0 saturated carbocycles. The van der Waals surface area contributed by atoms with Crippen molar-refractivity contribution in [2.75, 3.05) is 0 Å². The topological polar surface area (TPSA) is 57.4 Å². The van der Waals surface area contributed by atoms with Crippen LogP contribution < -0.4 is 0 Å². The number of aromatic amines is 2. The number of nitrogens with one attached hydrogen (secondary N) is 2. The molecule has 4 heteroatoms. The zero-order chi connectivity index (χ0) is 15.9. The molecule has 0 atom stereocenters. The molecule has 0 fully saturated rings. The van der Waals surface area contributed by atoms with Gasteiger partial charge in [-0.1, -0.05) is 51.5 Å². The normalized spacial score (nSPS) is 10.6. The Hall–Kier alpha value is -1.84. The first-order valence-electron chi connectivity index (χ1n) is 8.44. The fourth-order valence-electron chi connectivity index (χ4n) is 2.13. The van der Waals surface area contributed by atoms with Crippen LogP contribution in [0.25, 0.3) is 6.08 Å². The summed E-state index contributed by atoms with van der Waals surface area (Å²) in [6, 6.07) is 0. The van der Waals surface area contributed by atoms with Gasteiger partial charge in [0.2, 0.25) is 0 Å². The first kappa shape index (κ1) is 18.2. The second-order valence-corrected chi connectivity index (χ2v) is 5.46. The van der Waals surface area contributed by atoms with Gasteiger partial charge in [0, 0.05) is 24.8 Å². The molecule has 0 aromatic carbocycles. The minimum absolute atomic E-state index is 0.961. The fraction of sp³-hybridized carbons (Fsp3) is 0.556. The third-order valence-electron chi connectivity index (χ3n) is 3.40. The summed E-state index contributed by atoms with van der Waals surface area (Å²) in [7, 11) is 0. The van der Waals surface area contributed by atoms with Crippen LogP contribution in [-0.2, 0) is 0 Å². The third kappa shape index (κ3) is 9.97. The van der Waals surface area contributed by atoms with Crippen LogP contribution in [-0.4, -0.2) is 19.9 Å². The van der Waals surface area contributed by atoms with Crippen molar-refractivity contribution >= 4 is 6.08 Å². The SMILES string of the molecule is CCCCCCCCCC=Cc1ncc[nH]1.Cc1ncc[nH]1. The summed E-state index contributed by atoms with van der Waals surface area (Å²) in [6.45, 7) is 4.18. The largest absolute Gasteiger partial charge is 0.349 e. The van der Waals surface area contributed by atoms with E-state index in [1.807, 2.05) is 13.1 Å². The quantitative estimate of drug-likeness (QED) is 0.619. The number of unbranched alkanes of at least 4 members (excludes halogenated alkanes) is 7. The molecular weight excluding hydrogens is 272 g/mol. The van der Waals surface area contributed by atoms with Crippen LogP contribution in [0.5, 0.6) is 0 Å². The zero-order valence-electron chi connectivity index (χ0n) is 14.0. The predicted molar refractivity (Wildman–Crippen MR) is 93.6 cm³/mol. The highest BCUT2D eigenvalue weighted by Gasteiger charge is 1.90. The van der Waals surface area contributed by atoms with Crippen LogP contribution in [0.15, 0.2) is 30.9 Å². The molecule has 0 radical (unpaired) electrons. The van der Waals surface area contributed by atoms with Crippen molar-refractivity contribution in [2.24, 2.45) is 0 Å². The Morgan fingerprint density at radius 1 is 0.909 bits per heavy atom. The summed E-state index contributed by atoms with van der Waals surface area (Å²) >= 11 is 0. The van der Waals surface area contributed by atoms with E-state index in [9.17, 15) is 0 Å². The van der Waals surface area contributed by atoms with E-state index in [4.69, 9.17) is 0 Å². The van der Waals surface area contributed by atoms with E-state index in [0.717, 1.165) is 11.6 Å². The Bertz CT molecular complexity index is 457. The van der Waals surface area contributed by atoms with Crippen molar-refractivity contribution in [3.05, 3.63) is 42.5 Å². The van der Waals surface area contributed by atoms with E-state index in [1.54, 1.807) is 18.6 Å². The summed E-state index contributed by atoms with van der Waals surface area (Å²) in [5.74, 6) is 1.93.